The Morgan fingerprint density at radius 1 is 0.781 bits per heavy atom. The molecule has 4 rings (SSSR count). The average Bonchev–Trinajstić information content (AvgIpc) is 3.26. The largest absolute Gasteiger partial charge is 0.303 e. The fourth-order valence-electron chi connectivity index (χ4n) is 4.17. The highest BCUT2D eigenvalue weighted by atomic mass is 35.5. The van der Waals surface area contributed by atoms with Gasteiger partial charge in [-0.3, -0.25) is 0 Å². The Morgan fingerprint density at radius 3 is 1.81 bits per heavy atom. The number of rotatable bonds is 5. The van der Waals surface area contributed by atoms with Crippen LogP contribution in [0, 0.1) is 27.7 Å². The summed E-state index contributed by atoms with van der Waals surface area (Å²) in [4.78, 5) is 5.09. The number of hydrogen-bond acceptors (Lipinski definition) is 1. The standard InChI is InChI=1S/C28H28ClN3/c1-20-12-13-21(2)31(20)27-18-25(19-28(30-27)32-22(3)14-15-23(32)4)26(16-17-29)24-10-8-6-5-7-9-11-24/h5-16,18-19H,17H2,1-4H3/b6-5-,7-5?,8-6?,9-7-,10-8-,11-9?,24-10?,24-11+,26-16-. The summed E-state index contributed by atoms with van der Waals surface area (Å²) in [6, 6.07) is 12.8. The molecule has 3 aromatic rings. The van der Waals surface area contributed by atoms with E-state index in [1.54, 1.807) is 0 Å². The lowest BCUT2D eigenvalue weighted by Crippen LogP contribution is -2.09. The van der Waals surface area contributed by atoms with Crippen LogP contribution in [0.3, 0.4) is 0 Å². The van der Waals surface area contributed by atoms with Crippen LogP contribution in [0.25, 0.3) is 17.2 Å². The SMILES string of the molecule is Cc1ccc(C)n1-c1cc(C(=C\CCl)/C2=C/C=C\C=C/C=C\2)cc(-n2c(C)ccc2C)n1. The molecule has 32 heavy (non-hydrogen) atoms. The highest BCUT2D eigenvalue weighted by Crippen LogP contribution is 2.30. The number of nitrogens with zero attached hydrogens (tertiary/aromatic N) is 3. The van der Waals surface area contributed by atoms with Crippen LogP contribution in [0.1, 0.15) is 28.3 Å². The van der Waals surface area contributed by atoms with Crippen LogP contribution >= 0.6 is 11.6 Å². The first-order valence-corrected chi connectivity index (χ1v) is 11.3. The normalized spacial score (nSPS) is 18.5. The molecule has 0 spiro atoms. The first-order chi connectivity index (χ1) is 15.5. The molecule has 3 nitrogen and oxygen atoms in total. The van der Waals surface area contributed by atoms with Crippen LogP contribution in [0.4, 0.5) is 0 Å². The fourth-order valence-corrected chi connectivity index (χ4v) is 4.33. The minimum absolute atomic E-state index is 0.427. The predicted octanol–water partition coefficient (Wildman–Crippen LogP) is 7.13. The second-order valence-electron chi connectivity index (χ2n) is 8.00. The van der Waals surface area contributed by atoms with Crippen LogP contribution in [-0.4, -0.2) is 20.0 Å². The van der Waals surface area contributed by atoms with Gasteiger partial charge in [0, 0.05) is 28.7 Å². The highest BCUT2D eigenvalue weighted by molar-refractivity contribution is 6.19. The van der Waals surface area contributed by atoms with Gasteiger partial charge in [0.15, 0.2) is 0 Å². The molecule has 0 saturated carbocycles. The Bertz CT molecular complexity index is 1190. The number of allylic oxidation sites excluding steroid dienone is 10. The van der Waals surface area contributed by atoms with Crippen LogP contribution in [0.2, 0.25) is 0 Å². The van der Waals surface area contributed by atoms with Crippen molar-refractivity contribution in [3.63, 3.8) is 0 Å². The number of pyridine rings is 1. The van der Waals surface area contributed by atoms with Crippen molar-refractivity contribution in [2.24, 2.45) is 0 Å². The minimum Gasteiger partial charge on any atom is -0.303 e. The predicted molar refractivity (Wildman–Crippen MR) is 136 cm³/mol. The molecule has 1 aliphatic rings. The van der Waals surface area contributed by atoms with Gasteiger partial charge >= 0.3 is 0 Å². The maximum atomic E-state index is 6.23. The van der Waals surface area contributed by atoms with Crippen LogP contribution in [0.5, 0.6) is 0 Å². The van der Waals surface area contributed by atoms with E-state index in [0.29, 0.717) is 5.88 Å². The quantitative estimate of drug-likeness (QED) is 0.386. The number of alkyl halides is 1. The van der Waals surface area contributed by atoms with Gasteiger partial charge in [-0.25, -0.2) is 4.98 Å². The van der Waals surface area contributed by atoms with Crippen molar-refractivity contribution in [1.82, 2.24) is 14.1 Å². The van der Waals surface area contributed by atoms with Gasteiger partial charge in [0.1, 0.15) is 11.6 Å². The lowest BCUT2D eigenvalue weighted by Gasteiger charge is -2.17. The molecule has 162 valence electrons. The first kappa shape index (κ1) is 21.9. The third-order valence-electron chi connectivity index (χ3n) is 5.70. The second-order valence-corrected chi connectivity index (χ2v) is 8.31. The van der Waals surface area contributed by atoms with Gasteiger partial charge in [-0.2, -0.15) is 0 Å². The summed E-state index contributed by atoms with van der Waals surface area (Å²) in [5.74, 6) is 2.23. The van der Waals surface area contributed by atoms with Crippen molar-refractivity contribution in [3.8, 4) is 11.6 Å². The third-order valence-corrected chi connectivity index (χ3v) is 5.85. The maximum Gasteiger partial charge on any atom is 0.140 e. The molecule has 0 fully saturated rings. The molecule has 0 unspecified atom stereocenters. The summed E-state index contributed by atoms with van der Waals surface area (Å²) >= 11 is 6.23. The molecule has 0 aliphatic heterocycles. The zero-order chi connectivity index (χ0) is 22.7. The van der Waals surface area contributed by atoms with Gasteiger partial charge in [0.25, 0.3) is 0 Å². The number of halogens is 1. The van der Waals surface area contributed by atoms with E-state index in [-0.39, 0.29) is 0 Å². The Hall–Kier alpha value is -3.30. The van der Waals surface area contributed by atoms with Crippen molar-refractivity contribution in [2.75, 3.05) is 5.88 Å². The topological polar surface area (TPSA) is 22.8 Å². The number of hydrogen-bond donors (Lipinski definition) is 0. The Labute approximate surface area is 195 Å². The first-order valence-electron chi connectivity index (χ1n) is 10.8. The Balaban J connectivity index is 1.97. The summed E-state index contributed by atoms with van der Waals surface area (Å²) in [6.45, 7) is 8.44. The maximum absolute atomic E-state index is 6.23. The van der Waals surface area contributed by atoms with Gasteiger partial charge in [0.2, 0.25) is 0 Å². The van der Waals surface area contributed by atoms with Crippen molar-refractivity contribution < 1.29 is 0 Å². The van der Waals surface area contributed by atoms with Crippen molar-refractivity contribution in [2.45, 2.75) is 27.7 Å². The second kappa shape index (κ2) is 9.46. The molecule has 0 amide bonds. The van der Waals surface area contributed by atoms with E-state index >= 15 is 0 Å². The monoisotopic (exact) mass is 441 g/mol. The van der Waals surface area contributed by atoms with Crippen LogP contribution in [-0.2, 0) is 0 Å². The van der Waals surface area contributed by atoms with Crippen molar-refractivity contribution in [3.05, 3.63) is 119 Å². The van der Waals surface area contributed by atoms with Crippen molar-refractivity contribution >= 4 is 17.2 Å². The van der Waals surface area contributed by atoms with Gasteiger partial charge in [-0.1, -0.05) is 48.6 Å². The van der Waals surface area contributed by atoms with Gasteiger partial charge in [-0.05, 0) is 80.8 Å². The molecular weight excluding hydrogens is 414 g/mol. The molecule has 0 N–H and O–H groups in total. The summed E-state index contributed by atoms with van der Waals surface area (Å²) in [6.07, 6.45) is 16.5. The van der Waals surface area contributed by atoms with E-state index in [1.165, 1.54) is 0 Å². The average molecular weight is 442 g/mol. The van der Waals surface area contributed by atoms with E-state index in [1.807, 2.05) is 18.2 Å². The Morgan fingerprint density at radius 2 is 1.28 bits per heavy atom. The van der Waals surface area contributed by atoms with Gasteiger partial charge in [-0.15, -0.1) is 11.6 Å². The molecule has 0 atom stereocenters. The molecule has 0 saturated heterocycles. The molecular formula is C28H28ClN3. The summed E-state index contributed by atoms with van der Waals surface area (Å²) in [5, 5.41) is 0. The van der Waals surface area contributed by atoms with E-state index in [4.69, 9.17) is 16.6 Å². The molecule has 0 aromatic carbocycles. The van der Waals surface area contributed by atoms with E-state index < -0.39 is 0 Å². The minimum atomic E-state index is 0.427. The fraction of sp³-hybridized carbons (Fsp3) is 0.179. The molecule has 4 heteroatoms. The van der Waals surface area contributed by atoms with Crippen LogP contribution < -0.4 is 0 Å². The zero-order valence-corrected chi connectivity index (χ0v) is 19.8. The van der Waals surface area contributed by atoms with Crippen LogP contribution in [0.15, 0.2) is 90.6 Å². The molecule has 0 radical (unpaired) electrons. The summed E-state index contributed by atoms with van der Waals surface area (Å²) in [5.41, 5.74) is 7.89. The van der Waals surface area contributed by atoms with E-state index in [0.717, 1.165) is 51.1 Å². The van der Waals surface area contributed by atoms with Crippen molar-refractivity contribution in [1.29, 1.82) is 0 Å². The summed E-state index contributed by atoms with van der Waals surface area (Å²) < 4.78 is 4.40. The smallest absolute Gasteiger partial charge is 0.140 e. The highest BCUT2D eigenvalue weighted by Gasteiger charge is 2.15. The lowest BCUT2D eigenvalue weighted by atomic mass is 9.96. The molecule has 3 heterocycles. The van der Waals surface area contributed by atoms with E-state index in [2.05, 4.69) is 104 Å². The third kappa shape index (κ3) is 4.35. The summed E-state index contributed by atoms with van der Waals surface area (Å²) in [7, 11) is 0. The van der Waals surface area contributed by atoms with Gasteiger partial charge in [0.05, 0.1) is 0 Å². The molecule has 3 aromatic heterocycles. The number of aryl methyl sites for hydroxylation is 4. The lowest BCUT2D eigenvalue weighted by molar-refractivity contribution is 0.872. The number of aromatic nitrogens is 3. The van der Waals surface area contributed by atoms with Gasteiger partial charge < -0.3 is 9.13 Å². The Kier molecular flexibility index (Phi) is 6.48. The zero-order valence-electron chi connectivity index (χ0n) is 19.0. The molecule has 1 aliphatic carbocycles. The molecule has 0 bridgehead atoms. The van der Waals surface area contributed by atoms with E-state index in [9.17, 15) is 0 Å².